The molecule has 3 amide bonds. The molecule has 0 aromatic rings. The Morgan fingerprint density at radius 1 is 1.45 bits per heavy atom. The van der Waals surface area contributed by atoms with Crippen molar-refractivity contribution < 1.29 is 24.6 Å². The van der Waals surface area contributed by atoms with Gasteiger partial charge in [-0.1, -0.05) is 0 Å². The number of carboxylic acids is 1. The van der Waals surface area contributed by atoms with Crippen molar-refractivity contribution in [2.45, 2.75) is 38.5 Å². The Balaban J connectivity index is 2.66. The van der Waals surface area contributed by atoms with Gasteiger partial charge in [0.2, 0.25) is 5.91 Å². The lowest BCUT2D eigenvalue weighted by molar-refractivity contribution is -0.141. The van der Waals surface area contributed by atoms with Crippen molar-refractivity contribution in [2.75, 3.05) is 20.1 Å². The first-order valence-electron chi connectivity index (χ1n) is 6.50. The summed E-state index contributed by atoms with van der Waals surface area (Å²) < 4.78 is 0. The van der Waals surface area contributed by atoms with Gasteiger partial charge < -0.3 is 25.3 Å². The number of nitrogens with one attached hydrogen (secondary N) is 1. The lowest BCUT2D eigenvalue weighted by Crippen LogP contribution is -2.52. The fourth-order valence-corrected chi connectivity index (χ4v) is 2.09. The average Bonchev–Trinajstić information content (AvgIpc) is 2.79. The second kappa shape index (κ2) is 6.56. The number of urea groups is 1. The smallest absolute Gasteiger partial charge is 0.326 e. The summed E-state index contributed by atoms with van der Waals surface area (Å²) in [5.41, 5.74) is 0. The van der Waals surface area contributed by atoms with E-state index in [9.17, 15) is 19.5 Å². The van der Waals surface area contributed by atoms with Crippen molar-refractivity contribution in [3.63, 3.8) is 0 Å². The zero-order valence-electron chi connectivity index (χ0n) is 11.9. The number of aliphatic hydroxyl groups is 1. The van der Waals surface area contributed by atoms with E-state index in [2.05, 4.69) is 5.32 Å². The van der Waals surface area contributed by atoms with Crippen LogP contribution in [-0.2, 0) is 9.59 Å². The highest BCUT2D eigenvalue weighted by Gasteiger charge is 2.39. The lowest BCUT2D eigenvalue weighted by Gasteiger charge is -2.25. The largest absolute Gasteiger partial charge is 0.480 e. The van der Waals surface area contributed by atoms with Crippen LogP contribution in [0.3, 0.4) is 0 Å². The third-order valence-electron chi connectivity index (χ3n) is 3.39. The van der Waals surface area contributed by atoms with Gasteiger partial charge in [-0.25, -0.2) is 9.59 Å². The second-order valence-corrected chi connectivity index (χ2v) is 4.92. The molecule has 0 aliphatic carbocycles. The van der Waals surface area contributed by atoms with E-state index in [-0.39, 0.29) is 18.9 Å². The average molecular weight is 287 g/mol. The molecule has 0 saturated carbocycles. The second-order valence-electron chi connectivity index (χ2n) is 4.92. The van der Waals surface area contributed by atoms with Gasteiger partial charge in [0.05, 0.1) is 6.10 Å². The summed E-state index contributed by atoms with van der Waals surface area (Å²) in [6.45, 7) is 3.81. The maximum absolute atomic E-state index is 12.0. The van der Waals surface area contributed by atoms with Crippen molar-refractivity contribution in [3.05, 3.63) is 0 Å². The molecule has 1 fully saturated rings. The minimum Gasteiger partial charge on any atom is -0.480 e. The van der Waals surface area contributed by atoms with Gasteiger partial charge in [0, 0.05) is 26.6 Å². The number of aliphatic carboxylic acids is 1. The minimum atomic E-state index is -1.17. The lowest BCUT2D eigenvalue weighted by atomic mass is 10.2. The molecule has 3 N–H and O–H groups in total. The fraction of sp³-hybridized carbons (Fsp3) is 0.750. The van der Waals surface area contributed by atoms with Crippen LogP contribution in [0.25, 0.3) is 0 Å². The zero-order chi connectivity index (χ0) is 15.4. The first-order valence-corrected chi connectivity index (χ1v) is 6.50. The van der Waals surface area contributed by atoms with Gasteiger partial charge in [-0.05, 0) is 13.8 Å². The molecule has 0 bridgehead atoms. The fourth-order valence-electron chi connectivity index (χ4n) is 2.09. The van der Waals surface area contributed by atoms with Crippen LogP contribution in [0.15, 0.2) is 0 Å². The molecular formula is C12H21N3O5. The summed E-state index contributed by atoms with van der Waals surface area (Å²) in [4.78, 5) is 37.4. The van der Waals surface area contributed by atoms with Crippen molar-refractivity contribution in [2.24, 2.45) is 0 Å². The molecule has 1 aliphatic rings. The predicted octanol–water partition coefficient (Wildman–Crippen LogP) is -0.917. The number of amides is 3. The number of β-amino-alcohol motifs (C(OH)–C–C–N with tert-alkyl or cyclic N) is 1. The van der Waals surface area contributed by atoms with Crippen LogP contribution in [0.2, 0.25) is 0 Å². The quantitative estimate of drug-likeness (QED) is 0.619. The molecule has 3 atom stereocenters. The maximum atomic E-state index is 12.0. The van der Waals surface area contributed by atoms with Crippen LogP contribution >= 0.6 is 0 Å². The molecule has 114 valence electrons. The monoisotopic (exact) mass is 287 g/mol. The topological polar surface area (TPSA) is 110 Å². The van der Waals surface area contributed by atoms with Gasteiger partial charge >= 0.3 is 12.0 Å². The number of hydrogen-bond donors (Lipinski definition) is 3. The van der Waals surface area contributed by atoms with E-state index in [4.69, 9.17) is 5.11 Å². The van der Waals surface area contributed by atoms with Crippen LogP contribution in [0, 0.1) is 0 Å². The normalized spacial score (nSPS) is 23.3. The minimum absolute atomic E-state index is 0.0000561. The van der Waals surface area contributed by atoms with Crippen LogP contribution in [0.5, 0.6) is 0 Å². The van der Waals surface area contributed by atoms with E-state index in [0.717, 1.165) is 4.90 Å². The first kappa shape index (κ1) is 16.2. The van der Waals surface area contributed by atoms with E-state index < -0.39 is 30.2 Å². The number of nitrogens with zero attached hydrogens (tertiary/aromatic N) is 2. The van der Waals surface area contributed by atoms with E-state index in [0.29, 0.717) is 6.54 Å². The Hall–Kier alpha value is -1.83. The molecule has 0 aromatic heterocycles. The Labute approximate surface area is 117 Å². The van der Waals surface area contributed by atoms with E-state index >= 15 is 0 Å². The predicted molar refractivity (Wildman–Crippen MR) is 70.1 cm³/mol. The Bertz CT molecular complexity index is 401. The molecule has 1 rings (SSSR count). The molecule has 8 heteroatoms. The Kier molecular flexibility index (Phi) is 5.32. The molecule has 1 heterocycles. The van der Waals surface area contributed by atoms with E-state index in [1.54, 1.807) is 7.05 Å². The molecule has 0 radical (unpaired) electrons. The Morgan fingerprint density at radius 3 is 2.55 bits per heavy atom. The molecule has 8 nitrogen and oxygen atoms in total. The number of aliphatic hydroxyl groups excluding tert-OH is 1. The summed E-state index contributed by atoms with van der Waals surface area (Å²) >= 11 is 0. The van der Waals surface area contributed by atoms with Crippen molar-refractivity contribution in [1.29, 1.82) is 0 Å². The number of likely N-dealkylation sites (tertiary alicyclic amines) is 1. The number of carboxylic acid groups (broad SMARTS) is 1. The highest BCUT2D eigenvalue weighted by Crippen LogP contribution is 2.18. The molecule has 1 aliphatic heterocycles. The summed E-state index contributed by atoms with van der Waals surface area (Å²) in [6, 6.07) is -2.46. The summed E-state index contributed by atoms with van der Waals surface area (Å²) in [6.07, 6.45) is -0.855. The van der Waals surface area contributed by atoms with Crippen molar-refractivity contribution in [3.8, 4) is 0 Å². The number of rotatable bonds is 4. The standard InChI is InChI=1S/C12H21N3O5/c1-4-14(3)10(17)7(2)13-12(20)15-6-8(16)5-9(15)11(18)19/h7-9,16H,4-6H2,1-3H3,(H,13,20)(H,18,19). The van der Waals surface area contributed by atoms with Crippen LogP contribution in [-0.4, -0.2) is 76.2 Å². The number of likely N-dealkylation sites (N-methyl/N-ethyl adjacent to an activating group) is 1. The zero-order valence-corrected chi connectivity index (χ0v) is 11.9. The van der Waals surface area contributed by atoms with Gasteiger partial charge in [0.1, 0.15) is 12.1 Å². The maximum Gasteiger partial charge on any atom is 0.326 e. The van der Waals surface area contributed by atoms with Crippen LogP contribution < -0.4 is 5.32 Å². The van der Waals surface area contributed by atoms with Gasteiger partial charge in [0.25, 0.3) is 0 Å². The number of carbonyl (C=O) groups is 3. The highest BCUT2D eigenvalue weighted by atomic mass is 16.4. The molecule has 0 spiro atoms. The van der Waals surface area contributed by atoms with Crippen molar-refractivity contribution >= 4 is 17.9 Å². The molecule has 1 saturated heterocycles. The first-order chi connectivity index (χ1) is 9.27. The SMILES string of the molecule is CCN(C)C(=O)C(C)NC(=O)N1CC(O)CC1C(=O)O. The molecule has 3 unspecified atom stereocenters. The van der Waals surface area contributed by atoms with Crippen LogP contribution in [0.4, 0.5) is 4.79 Å². The van der Waals surface area contributed by atoms with E-state index in [1.807, 2.05) is 6.92 Å². The summed E-state index contributed by atoms with van der Waals surface area (Å²) in [5, 5.41) is 21.0. The number of hydrogen-bond acceptors (Lipinski definition) is 4. The number of carbonyl (C=O) groups excluding carboxylic acids is 2. The summed E-state index contributed by atoms with van der Waals surface area (Å²) in [5.74, 6) is -1.42. The van der Waals surface area contributed by atoms with Gasteiger partial charge in [-0.3, -0.25) is 4.79 Å². The molecule has 20 heavy (non-hydrogen) atoms. The third-order valence-corrected chi connectivity index (χ3v) is 3.39. The van der Waals surface area contributed by atoms with Gasteiger partial charge in [0.15, 0.2) is 0 Å². The Morgan fingerprint density at radius 2 is 2.05 bits per heavy atom. The highest BCUT2D eigenvalue weighted by molar-refractivity contribution is 5.88. The van der Waals surface area contributed by atoms with E-state index in [1.165, 1.54) is 11.8 Å². The van der Waals surface area contributed by atoms with Gasteiger partial charge in [-0.15, -0.1) is 0 Å². The van der Waals surface area contributed by atoms with Gasteiger partial charge in [-0.2, -0.15) is 0 Å². The van der Waals surface area contributed by atoms with Crippen LogP contribution in [0.1, 0.15) is 20.3 Å². The van der Waals surface area contributed by atoms with Crippen molar-refractivity contribution in [1.82, 2.24) is 15.1 Å². The molecule has 0 aromatic carbocycles. The summed E-state index contributed by atoms with van der Waals surface area (Å²) in [7, 11) is 1.62. The third kappa shape index (κ3) is 3.60. The molecular weight excluding hydrogens is 266 g/mol.